The molecular formula is C16H26N2O2. The Balaban J connectivity index is 0.00000172. The van der Waals surface area contributed by atoms with E-state index in [0.29, 0.717) is 0 Å². The van der Waals surface area contributed by atoms with Gasteiger partial charge in [-0.2, -0.15) is 0 Å². The molecule has 0 saturated heterocycles. The van der Waals surface area contributed by atoms with Crippen molar-refractivity contribution in [2.75, 3.05) is 7.11 Å². The Morgan fingerprint density at radius 2 is 2.10 bits per heavy atom. The van der Waals surface area contributed by atoms with Crippen molar-refractivity contribution in [2.45, 2.75) is 47.0 Å². The summed E-state index contributed by atoms with van der Waals surface area (Å²) in [7, 11) is 1.69. The maximum absolute atomic E-state index is 8.00. The van der Waals surface area contributed by atoms with Crippen LogP contribution in [0.5, 0.6) is 0 Å². The maximum atomic E-state index is 8.00. The number of ether oxygens (including phenoxy) is 1. The highest BCUT2D eigenvalue weighted by atomic mass is 16.5. The average Bonchev–Trinajstić information content (AvgIpc) is 2.79. The predicted molar refractivity (Wildman–Crippen MR) is 84.2 cm³/mol. The fourth-order valence-electron chi connectivity index (χ4n) is 1.94. The highest BCUT2D eigenvalue weighted by Gasteiger charge is 2.09. The van der Waals surface area contributed by atoms with E-state index in [1.54, 1.807) is 7.11 Å². The van der Waals surface area contributed by atoms with E-state index in [9.17, 15) is 0 Å². The Morgan fingerprint density at radius 1 is 1.45 bits per heavy atom. The lowest BCUT2D eigenvalue weighted by Gasteiger charge is -2.07. The van der Waals surface area contributed by atoms with Crippen LogP contribution in [0.1, 0.15) is 51.6 Å². The van der Waals surface area contributed by atoms with Crippen LogP contribution in [0.15, 0.2) is 17.8 Å². The lowest BCUT2D eigenvalue weighted by molar-refractivity contribution is -0.0979. The molecule has 1 heterocycles. The highest BCUT2D eigenvalue weighted by Crippen LogP contribution is 2.18. The summed E-state index contributed by atoms with van der Waals surface area (Å²) in [5.74, 6) is 1.72. The SMILES string of the molecule is C=O.CC/C=C(\OC)c1nc(C)cn1/C=C(\C)CCC. The second kappa shape index (κ2) is 10.0. The number of nitrogens with zero attached hydrogens (tertiary/aromatic N) is 2. The summed E-state index contributed by atoms with van der Waals surface area (Å²) < 4.78 is 7.48. The molecule has 0 aliphatic heterocycles. The fourth-order valence-corrected chi connectivity index (χ4v) is 1.94. The third-order valence-electron chi connectivity index (χ3n) is 2.69. The highest BCUT2D eigenvalue weighted by molar-refractivity contribution is 5.56. The second-order valence-corrected chi connectivity index (χ2v) is 4.52. The van der Waals surface area contributed by atoms with Crippen LogP contribution in [0.25, 0.3) is 12.0 Å². The Kier molecular flexibility index (Phi) is 9.09. The van der Waals surface area contributed by atoms with E-state index in [4.69, 9.17) is 9.53 Å². The molecule has 0 aromatic carbocycles. The summed E-state index contributed by atoms with van der Waals surface area (Å²) in [5, 5.41) is 0. The molecule has 0 spiro atoms. The van der Waals surface area contributed by atoms with Crippen LogP contribution in [0.4, 0.5) is 0 Å². The lowest BCUT2D eigenvalue weighted by atomic mass is 10.2. The largest absolute Gasteiger partial charge is 0.493 e. The van der Waals surface area contributed by atoms with Crippen molar-refractivity contribution < 1.29 is 9.53 Å². The Bertz CT molecular complexity index is 459. The number of carbonyl (C=O) groups excluding carboxylic acids is 1. The first-order chi connectivity index (χ1) is 9.62. The molecule has 1 aromatic heterocycles. The molecule has 0 unspecified atom stereocenters. The summed E-state index contributed by atoms with van der Waals surface area (Å²) in [4.78, 5) is 12.5. The first-order valence-corrected chi connectivity index (χ1v) is 6.88. The Hall–Kier alpha value is -1.84. The minimum atomic E-state index is 0.839. The van der Waals surface area contributed by atoms with E-state index < -0.39 is 0 Å². The van der Waals surface area contributed by atoms with Gasteiger partial charge in [0.15, 0.2) is 11.6 Å². The first-order valence-electron chi connectivity index (χ1n) is 6.88. The van der Waals surface area contributed by atoms with Gasteiger partial charge in [0.2, 0.25) is 0 Å². The predicted octanol–water partition coefficient (Wildman–Crippen LogP) is 4.06. The zero-order valence-electron chi connectivity index (χ0n) is 13.3. The molecule has 0 radical (unpaired) electrons. The molecule has 0 aliphatic rings. The van der Waals surface area contributed by atoms with Gasteiger partial charge in [0.25, 0.3) is 0 Å². The van der Waals surface area contributed by atoms with E-state index in [2.05, 4.69) is 42.6 Å². The number of hydrogen-bond donors (Lipinski definition) is 0. The number of aryl methyl sites for hydroxylation is 1. The van der Waals surface area contributed by atoms with Crippen LogP contribution in [-0.2, 0) is 9.53 Å². The van der Waals surface area contributed by atoms with Gasteiger partial charge in [0, 0.05) is 12.4 Å². The third-order valence-corrected chi connectivity index (χ3v) is 2.69. The molecule has 0 N–H and O–H groups in total. The van der Waals surface area contributed by atoms with Crippen LogP contribution >= 0.6 is 0 Å². The topological polar surface area (TPSA) is 44.1 Å². The lowest BCUT2D eigenvalue weighted by Crippen LogP contribution is -1.98. The van der Waals surface area contributed by atoms with Gasteiger partial charge in [-0.3, -0.25) is 0 Å². The van der Waals surface area contributed by atoms with Crippen molar-refractivity contribution in [1.29, 1.82) is 0 Å². The summed E-state index contributed by atoms with van der Waals surface area (Å²) in [6, 6.07) is 0. The van der Waals surface area contributed by atoms with Crippen molar-refractivity contribution in [2.24, 2.45) is 0 Å². The summed E-state index contributed by atoms with van der Waals surface area (Å²) in [6.07, 6.45) is 9.44. The number of aromatic nitrogens is 2. The maximum Gasteiger partial charge on any atom is 0.179 e. The molecule has 0 aliphatic carbocycles. The quantitative estimate of drug-likeness (QED) is 0.737. The smallest absolute Gasteiger partial charge is 0.179 e. The van der Waals surface area contributed by atoms with Gasteiger partial charge < -0.3 is 14.1 Å². The van der Waals surface area contributed by atoms with Crippen LogP contribution in [-0.4, -0.2) is 23.4 Å². The molecule has 0 fully saturated rings. The standard InChI is InChI=1S/C15H24N2O.CH2O/c1-6-8-12(3)10-17-11-13(4)16-15(17)14(18-5)9-7-2;1-2/h9-11H,6-8H2,1-5H3;1H2/b12-10+,14-9-;. The van der Waals surface area contributed by atoms with Crippen molar-refractivity contribution >= 4 is 18.7 Å². The molecule has 0 atom stereocenters. The molecular weight excluding hydrogens is 252 g/mol. The molecule has 0 saturated carbocycles. The zero-order valence-corrected chi connectivity index (χ0v) is 13.3. The van der Waals surface area contributed by atoms with Crippen LogP contribution in [0.3, 0.4) is 0 Å². The fraction of sp³-hybridized carbons (Fsp3) is 0.500. The molecule has 0 bridgehead atoms. The molecule has 1 aromatic rings. The van der Waals surface area contributed by atoms with Crippen LogP contribution < -0.4 is 0 Å². The normalized spacial score (nSPS) is 11.8. The number of carbonyl (C=O) groups is 1. The van der Waals surface area contributed by atoms with E-state index in [1.165, 1.54) is 5.57 Å². The first kappa shape index (κ1) is 18.2. The Morgan fingerprint density at radius 3 is 2.60 bits per heavy atom. The molecule has 20 heavy (non-hydrogen) atoms. The Labute approximate surface area is 122 Å². The van der Waals surface area contributed by atoms with Gasteiger partial charge >= 0.3 is 0 Å². The summed E-state index contributed by atoms with van der Waals surface area (Å²) in [5.41, 5.74) is 2.35. The number of hydrogen-bond acceptors (Lipinski definition) is 3. The second-order valence-electron chi connectivity index (χ2n) is 4.52. The van der Waals surface area contributed by atoms with Crippen LogP contribution in [0.2, 0.25) is 0 Å². The van der Waals surface area contributed by atoms with Gasteiger partial charge in [-0.25, -0.2) is 4.98 Å². The zero-order chi connectivity index (χ0) is 15.5. The van der Waals surface area contributed by atoms with E-state index in [-0.39, 0.29) is 0 Å². The van der Waals surface area contributed by atoms with Crippen molar-refractivity contribution in [3.63, 3.8) is 0 Å². The number of allylic oxidation sites excluding steroid dienone is 2. The third kappa shape index (κ3) is 5.43. The average molecular weight is 278 g/mol. The van der Waals surface area contributed by atoms with Gasteiger partial charge in [-0.1, -0.05) is 25.8 Å². The van der Waals surface area contributed by atoms with Gasteiger partial charge in [0.1, 0.15) is 6.79 Å². The monoisotopic (exact) mass is 278 g/mol. The minimum Gasteiger partial charge on any atom is -0.493 e. The van der Waals surface area contributed by atoms with Crippen LogP contribution in [0, 0.1) is 6.92 Å². The van der Waals surface area contributed by atoms with Gasteiger partial charge in [-0.05, 0) is 32.8 Å². The van der Waals surface area contributed by atoms with Crippen molar-refractivity contribution in [1.82, 2.24) is 9.55 Å². The molecule has 112 valence electrons. The van der Waals surface area contributed by atoms with Crippen molar-refractivity contribution in [3.05, 3.63) is 29.4 Å². The number of rotatable bonds is 6. The van der Waals surface area contributed by atoms with E-state index >= 15 is 0 Å². The number of methoxy groups -OCH3 is 1. The molecule has 1 rings (SSSR count). The van der Waals surface area contributed by atoms with Gasteiger partial charge in [0.05, 0.1) is 12.8 Å². The van der Waals surface area contributed by atoms with Gasteiger partial charge in [-0.15, -0.1) is 0 Å². The molecule has 0 amide bonds. The number of imidazole rings is 1. The molecule has 4 nitrogen and oxygen atoms in total. The van der Waals surface area contributed by atoms with E-state index in [1.807, 2.05) is 19.9 Å². The summed E-state index contributed by atoms with van der Waals surface area (Å²) in [6.45, 7) is 10.4. The summed E-state index contributed by atoms with van der Waals surface area (Å²) >= 11 is 0. The minimum absolute atomic E-state index is 0.839. The molecule has 4 heteroatoms. The van der Waals surface area contributed by atoms with E-state index in [0.717, 1.165) is 36.5 Å². The van der Waals surface area contributed by atoms with Crippen molar-refractivity contribution in [3.8, 4) is 0 Å².